The Morgan fingerprint density at radius 2 is 2.09 bits per heavy atom. The SMILES string of the molecule is CC(C)SC[C@@H]1N[C@H](C2C=Nc3c(N)ncnc32)[C@@H](O)[C@H]1O. The van der Waals surface area contributed by atoms with Gasteiger partial charge < -0.3 is 21.3 Å². The highest BCUT2D eigenvalue weighted by Crippen LogP contribution is 2.38. The van der Waals surface area contributed by atoms with Crippen molar-refractivity contribution in [1.29, 1.82) is 0 Å². The maximum Gasteiger partial charge on any atom is 0.153 e. The summed E-state index contributed by atoms with van der Waals surface area (Å²) in [4.78, 5) is 12.4. The summed E-state index contributed by atoms with van der Waals surface area (Å²) in [5.41, 5.74) is 7.07. The summed E-state index contributed by atoms with van der Waals surface area (Å²) in [6, 6.07) is -0.476. The van der Waals surface area contributed by atoms with Gasteiger partial charge in [0.2, 0.25) is 0 Å². The summed E-state index contributed by atoms with van der Waals surface area (Å²) in [7, 11) is 0. The lowest BCUT2D eigenvalue weighted by molar-refractivity contribution is 0.0299. The number of rotatable bonds is 4. The molecule has 1 fully saturated rings. The van der Waals surface area contributed by atoms with E-state index >= 15 is 0 Å². The highest BCUT2D eigenvalue weighted by molar-refractivity contribution is 7.99. The number of anilines is 1. The van der Waals surface area contributed by atoms with Gasteiger partial charge in [0.25, 0.3) is 0 Å². The molecular formula is C14H21N5O2S. The number of hydrogen-bond acceptors (Lipinski definition) is 8. The van der Waals surface area contributed by atoms with Crippen molar-refractivity contribution in [3.05, 3.63) is 12.0 Å². The molecule has 8 heteroatoms. The van der Waals surface area contributed by atoms with E-state index in [0.717, 1.165) is 5.75 Å². The molecule has 0 bridgehead atoms. The van der Waals surface area contributed by atoms with E-state index in [4.69, 9.17) is 5.73 Å². The molecule has 7 nitrogen and oxygen atoms in total. The molecule has 2 aliphatic heterocycles. The molecule has 1 aromatic heterocycles. The summed E-state index contributed by atoms with van der Waals surface area (Å²) < 4.78 is 0. The molecule has 5 N–H and O–H groups in total. The number of fused-ring (bicyclic) bond motifs is 1. The molecule has 0 spiro atoms. The van der Waals surface area contributed by atoms with Crippen LogP contribution in [0.15, 0.2) is 11.3 Å². The molecule has 22 heavy (non-hydrogen) atoms. The van der Waals surface area contributed by atoms with Crippen LogP contribution in [0.2, 0.25) is 0 Å². The second-order valence-electron chi connectivity index (χ2n) is 5.96. The van der Waals surface area contributed by atoms with E-state index in [0.29, 0.717) is 22.4 Å². The van der Waals surface area contributed by atoms with Crippen molar-refractivity contribution in [2.24, 2.45) is 4.99 Å². The Balaban J connectivity index is 1.77. The number of aliphatic hydroxyl groups excluding tert-OH is 2. The van der Waals surface area contributed by atoms with Gasteiger partial charge in [-0.2, -0.15) is 11.8 Å². The molecule has 1 aromatic rings. The standard InChI is InChI=1S/C14H21N5O2S/c1-6(2)22-4-8-12(20)13(21)10(19-8)7-3-16-11-9(7)17-5-18-14(11)15/h3,5-8,10,12-13,19-21H,4H2,1-2H3,(H2,15,17,18)/t7?,8-,10+,12-,13+/m0/s1. The lowest BCUT2D eigenvalue weighted by Crippen LogP contribution is -2.39. The fourth-order valence-electron chi connectivity index (χ4n) is 2.92. The maximum atomic E-state index is 10.4. The topological polar surface area (TPSA) is 117 Å². The van der Waals surface area contributed by atoms with Crippen molar-refractivity contribution < 1.29 is 10.2 Å². The summed E-state index contributed by atoms with van der Waals surface area (Å²) in [5.74, 6) is 0.873. The fourth-order valence-corrected chi connectivity index (χ4v) is 3.81. The second-order valence-corrected chi connectivity index (χ2v) is 7.57. The number of hydrogen-bond donors (Lipinski definition) is 4. The van der Waals surface area contributed by atoms with Gasteiger partial charge in [-0.1, -0.05) is 13.8 Å². The highest BCUT2D eigenvalue weighted by Gasteiger charge is 2.46. The predicted molar refractivity (Wildman–Crippen MR) is 87.7 cm³/mol. The van der Waals surface area contributed by atoms with Crippen LogP contribution in [0.5, 0.6) is 0 Å². The average molecular weight is 323 g/mol. The largest absolute Gasteiger partial charge is 0.389 e. The number of nitrogens with one attached hydrogen (secondary N) is 1. The summed E-state index contributed by atoms with van der Waals surface area (Å²) in [6.07, 6.45) is 1.46. The Kier molecular flexibility index (Phi) is 4.35. The molecule has 3 rings (SSSR count). The number of aliphatic hydroxyl groups is 2. The Morgan fingerprint density at radius 1 is 1.32 bits per heavy atom. The van der Waals surface area contributed by atoms with Gasteiger partial charge in [-0.15, -0.1) is 0 Å². The quantitative estimate of drug-likeness (QED) is 0.619. The molecule has 120 valence electrons. The predicted octanol–water partition coefficient (Wildman–Crippen LogP) is 0.0621. The van der Waals surface area contributed by atoms with Gasteiger partial charge in [0.1, 0.15) is 12.0 Å². The summed E-state index contributed by atoms with van der Waals surface area (Å²) in [5, 5.41) is 24.5. The number of nitrogens with zero attached hydrogens (tertiary/aromatic N) is 3. The molecule has 0 saturated carbocycles. The Labute approximate surface area is 133 Å². The zero-order valence-corrected chi connectivity index (χ0v) is 13.4. The van der Waals surface area contributed by atoms with Crippen LogP contribution in [0, 0.1) is 0 Å². The van der Waals surface area contributed by atoms with Crippen LogP contribution in [0.3, 0.4) is 0 Å². The van der Waals surface area contributed by atoms with Crippen molar-refractivity contribution in [3.8, 4) is 0 Å². The monoisotopic (exact) mass is 323 g/mol. The zero-order chi connectivity index (χ0) is 15.9. The normalized spacial score (nSPS) is 33.6. The van der Waals surface area contributed by atoms with E-state index < -0.39 is 12.2 Å². The first-order valence-electron chi connectivity index (χ1n) is 7.37. The van der Waals surface area contributed by atoms with Crippen molar-refractivity contribution in [1.82, 2.24) is 15.3 Å². The molecule has 1 saturated heterocycles. The van der Waals surface area contributed by atoms with E-state index in [1.807, 2.05) is 0 Å². The third-order valence-corrected chi connectivity index (χ3v) is 5.31. The van der Waals surface area contributed by atoms with Crippen molar-refractivity contribution >= 4 is 29.5 Å². The van der Waals surface area contributed by atoms with E-state index in [2.05, 4.69) is 34.1 Å². The van der Waals surface area contributed by atoms with Crippen LogP contribution in [-0.2, 0) is 0 Å². The van der Waals surface area contributed by atoms with Crippen molar-refractivity contribution in [3.63, 3.8) is 0 Å². The average Bonchev–Trinajstić information content (AvgIpc) is 3.01. The van der Waals surface area contributed by atoms with Crippen LogP contribution in [0.4, 0.5) is 11.5 Å². The number of aliphatic imine (C=N–C) groups is 1. The highest BCUT2D eigenvalue weighted by atomic mass is 32.2. The lowest BCUT2D eigenvalue weighted by atomic mass is 9.94. The van der Waals surface area contributed by atoms with Crippen LogP contribution < -0.4 is 11.1 Å². The van der Waals surface area contributed by atoms with Gasteiger partial charge >= 0.3 is 0 Å². The summed E-state index contributed by atoms with van der Waals surface area (Å²) >= 11 is 1.75. The summed E-state index contributed by atoms with van der Waals surface area (Å²) in [6.45, 7) is 4.22. The van der Waals surface area contributed by atoms with Crippen LogP contribution >= 0.6 is 11.8 Å². The Bertz CT molecular complexity index is 582. The Morgan fingerprint density at radius 3 is 2.82 bits per heavy atom. The number of thioether (sulfide) groups is 1. The third kappa shape index (κ3) is 2.71. The van der Waals surface area contributed by atoms with Gasteiger partial charge in [0, 0.05) is 24.1 Å². The molecular weight excluding hydrogens is 302 g/mol. The molecule has 0 aromatic carbocycles. The molecule has 3 heterocycles. The minimum absolute atomic E-state index is 0.149. The third-order valence-electron chi connectivity index (χ3n) is 4.09. The molecule has 1 unspecified atom stereocenters. The van der Waals surface area contributed by atoms with Crippen molar-refractivity contribution in [2.45, 2.75) is 49.3 Å². The smallest absolute Gasteiger partial charge is 0.153 e. The first-order valence-corrected chi connectivity index (χ1v) is 8.42. The van der Waals surface area contributed by atoms with E-state index in [9.17, 15) is 10.2 Å². The molecule has 2 aliphatic rings. The van der Waals surface area contributed by atoms with Gasteiger partial charge in [0.15, 0.2) is 5.82 Å². The fraction of sp³-hybridized carbons (Fsp3) is 0.643. The number of aromatic nitrogens is 2. The first-order chi connectivity index (χ1) is 10.5. The van der Waals surface area contributed by atoms with Gasteiger partial charge in [-0.25, -0.2) is 9.97 Å². The van der Waals surface area contributed by atoms with E-state index in [-0.39, 0.29) is 18.0 Å². The first kappa shape index (κ1) is 15.7. The van der Waals surface area contributed by atoms with Gasteiger partial charge in [0.05, 0.1) is 23.8 Å². The minimum Gasteiger partial charge on any atom is -0.389 e. The number of nitrogens with two attached hydrogens (primary N) is 1. The van der Waals surface area contributed by atoms with Crippen LogP contribution in [0.25, 0.3) is 0 Å². The van der Waals surface area contributed by atoms with Crippen LogP contribution in [-0.4, -0.2) is 61.7 Å². The lowest BCUT2D eigenvalue weighted by Gasteiger charge is -2.21. The van der Waals surface area contributed by atoms with E-state index in [1.54, 1.807) is 18.0 Å². The van der Waals surface area contributed by atoms with E-state index in [1.165, 1.54) is 6.33 Å². The van der Waals surface area contributed by atoms with Crippen molar-refractivity contribution in [2.75, 3.05) is 11.5 Å². The van der Waals surface area contributed by atoms with Crippen LogP contribution in [0.1, 0.15) is 25.5 Å². The Hall–Kier alpha value is -1.22. The second kappa shape index (κ2) is 6.11. The number of nitrogen functional groups attached to an aromatic ring is 1. The van der Waals surface area contributed by atoms with Gasteiger partial charge in [-0.05, 0) is 5.25 Å². The minimum atomic E-state index is -0.864. The molecule has 0 aliphatic carbocycles. The molecule has 0 radical (unpaired) electrons. The molecule has 0 amide bonds. The zero-order valence-electron chi connectivity index (χ0n) is 12.5. The van der Waals surface area contributed by atoms with Gasteiger partial charge in [-0.3, -0.25) is 4.99 Å². The molecule has 5 atom stereocenters. The maximum absolute atomic E-state index is 10.4.